The Morgan fingerprint density at radius 1 is 1.38 bits per heavy atom. The highest BCUT2D eigenvalue weighted by Gasteiger charge is 2.36. The van der Waals surface area contributed by atoms with Crippen molar-refractivity contribution in [1.29, 1.82) is 0 Å². The number of nitrogens with zero attached hydrogens (tertiary/aromatic N) is 1. The predicted molar refractivity (Wildman–Crippen MR) is 81.0 cm³/mol. The maximum Gasteiger partial charge on any atom is 0.315 e. The zero-order valence-corrected chi connectivity index (χ0v) is 12.3. The number of rotatable bonds is 4. The molecule has 6 heteroatoms. The molecule has 0 saturated heterocycles. The second-order valence-corrected chi connectivity index (χ2v) is 6.13. The summed E-state index contributed by atoms with van der Waals surface area (Å²) < 4.78 is 0. The van der Waals surface area contributed by atoms with Crippen LogP contribution < -0.4 is 10.6 Å². The van der Waals surface area contributed by atoms with Crippen LogP contribution >= 0.6 is 11.3 Å². The summed E-state index contributed by atoms with van der Waals surface area (Å²) in [4.78, 5) is 15.9. The zero-order valence-electron chi connectivity index (χ0n) is 11.5. The van der Waals surface area contributed by atoms with Crippen LogP contribution in [-0.2, 0) is 18.6 Å². The first kappa shape index (κ1) is 14.0. The van der Waals surface area contributed by atoms with E-state index >= 15 is 0 Å². The molecule has 0 aliphatic heterocycles. The van der Waals surface area contributed by atoms with Crippen molar-refractivity contribution < 1.29 is 9.90 Å². The molecule has 0 radical (unpaired) electrons. The number of hydrogen-bond donors (Lipinski definition) is 3. The number of urea groups is 1. The molecular weight excluding hydrogens is 286 g/mol. The van der Waals surface area contributed by atoms with Crippen LogP contribution in [0.3, 0.4) is 0 Å². The van der Waals surface area contributed by atoms with Crippen LogP contribution in [-0.4, -0.2) is 22.7 Å². The van der Waals surface area contributed by atoms with Crippen molar-refractivity contribution in [2.45, 2.75) is 25.0 Å². The topological polar surface area (TPSA) is 74.2 Å². The van der Waals surface area contributed by atoms with Gasteiger partial charge in [-0.25, -0.2) is 9.78 Å². The first-order valence-electron chi connectivity index (χ1n) is 6.88. The Labute approximate surface area is 127 Å². The molecule has 1 aliphatic carbocycles. The number of aryl methyl sites for hydroxylation is 1. The average Bonchev–Trinajstić information content (AvgIpc) is 3.13. The third-order valence-corrected chi connectivity index (χ3v) is 4.53. The zero-order chi connectivity index (χ0) is 14.7. The van der Waals surface area contributed by atoms with Gasteiger partial charge in [-0.15, -0.1) is 11.3 Å². The molecule has 0 spiro atoms. The van der Waals surface area contributed by atoms with Crippen molar-refractivity contribution >= 4 is 17.4 Å². The maximum atomic E-state index is 11.8. The molecule has 1 atom stereocenters. The van der Waals surface area contributed by atoms with Crippen molar-refractivity contribution in [3.05, 3.63) is 52.0 Å². The summed E-state index contributed by atoms with van der Waals surface area (Å²) in [6, 6.07) is 7.55. The second kappa shape index (κ2) is 5.83. The van der Waals surface area contributed by atoms with Crippen molar-refractivity contribution in [3.8, 4) is 0 Å². The minimum atomic E-state index is -0.963. The van der Waals surface area contributed by atoms with E-state index in [-0.39, 0.29) is 12.6 Å². The summed E-state index contributed by atoms with van der Waals surface area (Å²) in [5.41, 5.74) is 1.12. The molecule has 3 N–H and O–H groups in total. The molecule has 2 aromatic rings. The van der Waals surface area contributed by atoms with Gasteiger partial charge in [0.1, 0.15) is 10.6 Å². The molecule has 5 nitrogen and oxygen atoms in total. The number of thiazole rings is 1. The van der Waals surface area contributed by atoms with Gasteiger partial charge in [0.15, 0.2) is 0 Å². The molecule has 2 amide bonds. The van der Waals surface area contributed by atoms with Crippen molar-refractivity contribution in [2.24, 2.45) is 0 Å². The second-order valence-electron chi connectivity index (χ2n) is 5.15. The molecule has 21 heavy (non-hydrogen) atoms. The Bertz CT molecular complexity index is 630. The van der Waals surface area contributed by atoms with Gasteiger partial charge in [-0.1, -0.05) is 24.3 Å². The minimum absolute atomic E-state index is 0.216. The minimum Gasteiger partial charge on any atom is -0.383 e. The molecule has 0 fully saturated rings. The van der Waals surface area contributed by atoms with E-state index in [4.69, 9.17) is 0 Å². The standard InChI is InChI=1S/C15H17N3O2S/c19-14(17-9-13-16-7-8-21-13)18-10-15(20)6-5-11-3-1-2-4-12(11)15/h1-4,7-8,20H,5-6,9-10H2,(H2,17,18,19). The molecular formula is C15H17N3O2S. The summed E-state index contributed by atoms with van der Waals surface area (Å²) in [6.45, 7) is 0.617. The summed E-state index contributed by atoms with van der Waals surface area (Å²) in [5, 5.41) is 18.9. The molecule has 1 unspecified atom stereocenters. The third kappa shape index (κ3) is 3.06. The molecule has 1 aromatic carbocycles. The fourth-order valence-electron chi connectivity index (χ4n) is 2.64. The highest BCUT2D eigenvalue weighted by Crippen LogP contribution is 2.35. The first-order valence-corrected chi connectivity index (χ1v) is 7.76. The normalized spacial score (nSPS) is 20.0. The summed E-state index contributed by atoms with van der Waals surface area (Å²) >= 11 is 1.50. The van der Waals surface area contributed by atoms with Gasteiger partial charge in [0.25, 0.3) is 0 Å². The van der Waals surface area contributed by atoms with Gasteiger partial charge in [-0.2, -0.15) is 0 Å². The summed E-state index contributed by atoms with van der Waals surface area (Å²) in [6.07, 6.45) is 3.19. The van der Waals surface area contributed by atoms with Gasteiger partial charge in [0.05, 0.1) is 13.1 Å². The van der Waals surface area contributed by atoms with E-state index in [1.165, 1.54) is 11.3 Å². The molecule has 1 aliphatic rings. The Hall–Kier alpha value is -1.92. The van der Waals surface area contributed by atoms with Crippen LogP contribution in [0.2, 0.25) is 0 Å². The lowest BCUT2D eigenvalue weighted by atomic mass is 9.96. The lowest BCUT2D eigenvalue weighted by molar-refractivity contribution is 0.0412. The fourth-order valence-corrected chi connectivity index (χ4v) is 3.19. The Morgan fingerprint density at radius 3 is 3.05 bits per heavy atom. The Balaban J connectivity index is 1.54. The van der Waals surface area contributed by atoms with Crippen LogP contribution in [0, 0.1) is 0 Å². The van der Waals surface area contributed by atoms with E-state index in [9.17, 15) is 9.90 Å². The van der Waals surface area contributed by atoms with Gasteiger partial charge in [0.2, 0.25) is 0 Å². The number of aromatic nitrogens is 1. The van der Waals surface area contributed by atoms with Crippen LogP contribution in [0.4, 0.5) is 4.79 Å². The van der Waals surface area contributed by atoms with E-state index in [1.807, 2.05) is 29.6 Å². The van der Waals surface area contributed by atoms with Gasteiger partial charge < -0.3 is 15.7 Å². The molecule has 110 valence electrons. The number of hydrogen-bond acceptors (Lipinski definition) is 4. The van der Waals surface area contributed by atoms with E-state index in [0.717, 1.165) is 22.6 Å². The number of aliphatic hydroxyl groups is 1. The smallest absolute Gasteiger partial charge is 0.315 e. The lowest BCUT2D eigenvalue weighted by Gasteiger charge is -2.24. The maximum absolute atomic E-state index is 11.8. The summed E-state index contributed by atoms with van der Waals surface area (Å²) in [7, 11) is 0. The van der Waals surface area contributed by atoms with Crippen LogP contribution in [0.25, 0.3) is 0 Å². The molecule has 3 rings (SSSR count). The van der Waals surface area contributed by atoms with E-state index < -0.39 is 5.60 Å². The quantitative estimate of drug-likeness (QED) is 0.806. The highest BCUT2D eigenvalue weighted by atomic mass is 32.1. The van der Waals surface area contributed by atoms with Crippen molar-refractivity contribution in [3.63, 3.8) is 0 Å². The number of nitrogens with one attached hydrogen (secondary N) is 2. The number of carbonyl (C=O) groups is 1. The molecule has 1 heterocycles. The predicted octanol–water partition coefficient (Wildman–Crippen LogP) is 1.78. The third-order valence-electron chi connectivity index (χ3n) is 3.75. The summed E-state index contributed by atoms with van der Waals surface area (Å²) in [5.74, 6) is 0. The SMILES string of the molecule is O=C(NCc1nccs1)NCC1(O)CCc2ccccc21. The Kier molecular flexibility index (Phi) is 3.90. The van der Waals surface area contributed by atoms with E-state index in [2.05, 4.69) is 15.6 Å². The molecule has 1 aromatic heterocycles. The monoisotopic (exact) mass is 303 g/mol. The van der Waals surface area contributed by atoms with Crippen LogP contribution in [0.5, 0.6) is 0 Å². The number of amides is 2. The number of carbonyl (C=O) groups excluding carboxylic acids is 1. The largest absolute Gasteiger partial charge is 0.383 e. The van der Waals surface area contributed by atoms with Gasteiger partial charge in [0, 0.05) is 11.6 Å². The highest BCUT2D eigenvalue weighted by molar-refractivity contribution is 7.09. The van der Waals surface area contributed by atoms with E-state index in [0.29, 0.717) is 13.0 Å². The molecule has 0 saturated carbocycles. The van der Waals surface area contributed by atoms with Crippen molar-refractivity contribution in [1.82, 2.24) is 15.6 Å². The van der Waals surface area contributed by atoms with Gasteiger partial charge in [-0.05, 0) is 24.0 Å². The van der Waals surface area contributed by atoms with Crippen LogP contribution in [0.15, 0.2) is 35.8 Å². The van der Waals surface area contributed by atoms with Gasteiger partial charge in [-0.3, -0.25) is 0 Å². The average molecular weight is 303 g/mol. The van der Waals surface area contributed by atoms with Crippen LogP contribution in [0.1, 0.15) is 22.6 Å². The Morgan fingerprint density at radius 2 is 2.24 bits per heavy atom. The lowest BCUT2D eigenvalue weighted by Crippen LogP contribution is -2.43. The first-order chi connectivity index (χ1) is 10.2. The fraction of sp³-hybridized carbons (Fsp3) is 0.333. The number of fused-ring (bicyclic) bond motifs is 1. The van der Waals surface area contributed by atoms with Crippen molar-refractivity contribution in [2.75, 3.05) is 6.54 Å². The molecule has 0 bridgehead atoms. The number of benzene rings is 1. The van der Waals surface area contributed by atoms with Gasteiger partial charge >= 0.3 is 6.03 Å². The van der Waals surface area contributed by atoms with E-state index in [1.54, 1.807) is 6.20 Å².